The Morgan fingerprint density at radius 1 is 1.16 bits per heavy atom. The number of hydrogen-bond donors (Lipinski definition) is 1. The Labute approximate surface area is 144 Å². The molecule has 4 heterocycles. The summed E-state index contributed by atoms with van der Waals surface area (Å²) in [5, 5.41) is 16.8. The van der Waals surface area contributed by atoms with Gasteiger partial charge in [-0.15, -0.1) is 10.2 Å². The topological polar surface area (TPSA) is 97.0 Å². The molecule has 0 spiro atoms. The number of carbonyl (C=O) groups excluding carboxylic acids is 1. The van der Waals surface area contributed by atoms with Crippen LogP contribution >= 0.6 is 0 Å². The van der Waals surface area contributed by atoms with E-state index in [0.29, 0.717) is 36.6 Å². The number of amides is 1. The van der Waals surface area contributed by atoms with E-state index in [1.807, 2.05) is 4.90 Å². The molecule has 0 unspecified atom stereocenters. The van der Waals surface area contributed by atoms with Gasteiger partial charge in [0, 0.05) is 19.3 Å². The number of aromatic nitrogens is 3. The molecule has 2 aromatic heterocycles. The molecule has 0 aromatic carbocycles. The Bertz CT molecular complexity index is 797. The predicted octanol–water partition coefficient (Wildman–Crippen LogP) is 1.21. The SMILES string of the molecule is O=C(O)[C@H]1CC[C@@H](C2CCN(C(=O)c3ccc4nncn4c3)CC2)O1. The molecule has 0 bridgehead atoms. The van der Waals surface area contributed by atoms with E-state index in [1.165, 1.54) is 0 Å². The zero-order chi connectivity index (χ0) is 17.4. The van der Waals surface area contributed by atoms with Gasteiger partial charge in [-0.05, 0) is 43.7 Å². The third kappa shape index (κ3) is 3.09. The van der Waals surface area contributed by atoms with Gasteiger partial charge < -0.3 is 14.7 Å². The number of carboxylic acid groups (broad SMARTS) is 1. The van der Waals surface area contributed by atoms with Gasteiger partial charge >= 0.3 is 5.97 Å². The largest absolute Gasteiger partial charge is 0.479 e. The van der Waals surface area contributed by atoms with E-state index in [-0.39, 0.29) is 12.0 Å². The maximum atomic E-state index is 12.7. The summed E-state index contributed by atoms with van der Waals surface area (Å²) in [5.74, 6) is -0.543. The van der Waals surface area contributed by atoms with Gasteiger partial charge in [0.05, 0.1) is 11.7 Å². The van der Waals surface area contributed by atoms with Crippen molar-refractivity contribution in [1.29, 1.82) is 0 Å². The number of carbonyl (C=O) groups is 2. The van der Waals surface area contributed by atoms with Crippen LogP contribution in [0.15, 0.2) is 24.7 Å². The first-order chi connectivity index (χ1) is 12.1. The lowest BCUT2D eigenvalue weighted by atomic mass is 9.89. The highest BCUT2D eigenvalue weighted by Crippen LogP contribution is 2.32. The molecule has 0 saturated carbocycles. The lowest BCUT2D eigenvalue weighted by Crippen LogP contribution is -2.41. The molecule has 2 aliphatic rings. The van der Waals surface area contributed by atoms with Crippen LogP contribution in [0.3, 0.4) is 0 Å². The summed E-state index contributed by atoms with van der Waals surface area (Å²) >= 11 is 0. The van der Waals surface area contributed by atoms with E-state index < -0.39 is 12.1 Å². The van der Waals surface area contributed by atoms with Gasteiger partial charge in [-0.2, -0.15) is 0 Å². The van der Waals surface area contributed by atoms with Crippen LogP contribution in [0, 0.1) is 5.92 Å². The van der Waals surface area contributed by atoms with E-state index in [9.17, 15) is 9.59 Å². The third-order valence-electron chi connectivity index (χ3n) is 5.22. The molecule has 1 N–H and O–H groups in total. The molecule has 2 saturated heterocycles. The lowest BCUT2D eigenvalue weighted by Gasteiger charge is -2.34. The molecular formula is C17H20N4O4. The fourth-order valence-corrected chi connectivity index (χ4v) is 3.80. The van der Waals surface area contributed by atoms with Crippen molar-refractivity contribution in [2.45, 2.75) is 37.9 Å². The number of nitrogens with zero attached hydrogens (tertiary/aromatic N) is 4. The number of piperidine rings is 1. The number of pyridine rings is 1. The van der Waals surface area contributed by atoms with E-state index in [2.05, 4.69) is 10.2 Å². The molecule has 132 valence electrons. The van der Waals surface area contributed by atoms with E-state index >= 15 is 0 Å². The van der Waals surface area contributed by atoms with E-state index in [4.69, 9.17) is 9.84 Å². The summed E-state index contributed by atoms with van der Waals surface area (Å²) in [5.41, 5.74) is 1.33. The van der Waals surface area contributed by atoms with Crippen molar-refractivity contribution >= 4 is 17.5 Å². The van der Waals surface area contributed by atoms with Crippen molar-refractivity contribution in [2.24, 2.45) is 5.92 Å². The smallest absolute Gasteiger partial charge is 0.332 e. The first-order valence-corrected chi connectivity index (χ1v) is 8.59. The van der Waals surface area contributed by atoms with Gasteiger partial charge in [-0.25, -0.2) is 4.79 Å². The molecule has 2 fully saturated rings. The van der Waals surface area contributed by atoms with Crippen LogP contribution in [-0.4, -0.2) is 61.8 Å². The zero-order valence-corrected chi connectivity index (χ0v) is 13.7. The minimum Gasteiger partial charge on any atom is -0.479 e. The highest BCUT2D eigenvalue weighted by molar-refractivity contribution is 5.94. The number of ether oxygens (including phenoxy) is 1. The summed E-state index contributed by atoms with van der Waals surface area (Å²) in [4.78, 5) is 25.6. The van der Waals surface area contributed by atoms with Gasteiger partial charge in [0.1, 0.15) is 6.33 Å². The van der Waals surface area contributed by atoms with Crippen molar-refractivity contribution in [3.05, 3.63) is 30.2 Å². The molecule has 8 heteroatoms. The zero-order valence-electron chi connectivity index (χ0n) is 13.7. The predicted molar refractivity (Wildman–Crippen MR) is 87.1 cm³/mol. The van der Waals surface area contributed by atoms with Crippen LogP contribution in [0.4, 0.5) is 0 Å². The second-order valence-electron chi connectivity index (χ2n) is 6.72. The molecule has 2 aliphatic heterocycles. The lowest BCUT2D eigenvalue weighted by molar-refractivity contribution is -0.150. The molecule has 2 aromatic rings. The van der Waals surface area contributed by atoms with Crippen molar-refractivity contribution < 1.29 is 19.4 Å². The van der Waals surface area contributed by atoms with Crippen LogP contribution in [-0.2, 0) is 9.53 Å². The van der Waals surface area contributed by atoms with Gasteiger partial charge in [0.25, 0.3) is 5.91 Å². The number of hydrogen-bond acceptors (Lipinski definition) is 5. The summed E-state index contributed by atoms with van der Waals surface area (Å²) < 4.78 is 7.40. The van der Waals surface area contributed by atoms with Crippen LogP contribution < -0.4 is 0 Å². The monoisotopic (exact) mass is 344 g/mol. The minimum atomic E-state index is -0.875. The number of fused-ring (bicyclic) bond motifs is 1. The van der Waals surface area contributed by atoms with Crippen LogP contribution in [0.5, 0.6) is 0 Å². The maximum Gasteiger partial charge on any atom is 0.332 e. The summed E-state index contributed by atoms with van der Waals surface area (Å²) in [7, 11) is 0. The van der Waals surface area contributed by atoms with Crippen molar-refractivity contribution in [1.82, 2.24) is 19.5 Å². The second-order valence-corrected chi connectivity index (χ2v) is 6.72. The molecule has 25 heavy (non-hydrogen) atoms. The standard InChI is InChI=1S/C17H20N4O4/c22-16(12-1-4-15-19-18-10-21(15)9-12)20-7-5-11(6-8-20)13-2-3-14(25-13)17(23)24/h1,4,9-11,13-14H,2-3,5-8H2,(H,23,24)/t13-,14+/m0/s1. The number of rotatable bonds is 3. The molecule has 0 radical (unpaired) electrons. The summed E-state index contributed by atoms with van der Waals surface area (Å²) in [6, 6.07) is 3.56. The first-order valence-electron chi connectivity index (χ1n) is 8.59. The van der Waals surface area contributed by atoms with Gasteiger partial charge in [-0.3, -0.25) is 9.20 Å². The molecule has 4 rings (SSSR count). The Morgan fingerprint density at radius 3 is 2.68 bits per heavy atom. The summed E-state index contributed by atoms with van der Waals surface area (Å²) in [6.07, 6.45) is 5.73. The Kier molecular flexibility index (Phi) is 4.12. The van der Waals surface area contributed by atoms with Gasteiger partial charge in [0.15, 0.2) is 11.8 Å². The van der Waals surface area contributed by atoms with Crippen molar-refractivity contribution in [3.8, 4) is 0 Å². The van der Waals surface area contributed by atoms with Crippen LogP contribution in [0.2, 0.25) is 0 Å². The average molecular weight is 344 g/mol. The van der Waals surface area contributed by atoms with Gasteiger partial charge in [-0.1, -0.05) is 0 Å². The second kappa shape index (κ2) is 6.44. The highest BCUT2D eigenvalue weighted by Gasteiger charge is 2.37. The molecule has 2 atom stereocenters. The maximum absolute atomic E-state index is 12.7. The Hall–Kier alpha value is -2.48. The quantitative estimate of drug-likeness (QED) is 0.899. The normalized spacial score (nSPS) is 24.7. The average Bonchev–Trinajstić information content (AvgIpc) is 3.30. The van der Waals surface area contributed by atoms with Gasteiger partial charge in [0.2, 0.25) is 0 Å². The van der Waals surface area contributed by atoms with Crippen LogP contribution in [0.25, 0.3) is 5.65 Å². The number of aliphatic carboxylic acids is 1. The van der Waals surface area contributed by atoms with Crippen LogP contribution in [0.1, 0.15) is 36.0 Å². The number of carboxylic acids is 1. The molecule has 8 nitrogen and oxygen atoms in total. The Morgan fingerprint density at radius 2 is 1.96 bits per heavy atom. The van der Waals surface area contributed by atoms with Crippen molar-refractivity contribution in [3.63, 3.8) is 0 Å². The fraction of sp³-hybridized carbons (Fsp3) is 0.529. The van der Waals surface area contributed by atoms with Crippen molar-refractivity contribution in [2.75, 3.05) is 13.1 Å². The van der Waals surface area contributed by atoms with E-state index in [1.54, 1.807) is 29.1 Å². The Balaban J connectivity index is 1.36. The molecule has 0 aliphatic carbocycles. The minimum absolute atomic E-state index is 0.00445. The summed E-state index contributed by atoms with van der Waals surface area (Å²) in [6.45, 7) is 1.34. The third-order valence-corrected chi connectivity index (χ3v) is 5.22. The fourth-order valence-electron chi connectivity index (χ4n) is 3.80. The number of likely N-dealkylation sites (tertiary alicyclic amines) is 1. The molecular weight excluding hydrogens is 324 g/mol. The first kappa shape index (κ1) is 16.0. The van der Waals surface area contributed by atoms with E-state index in [0.717, 1.165) is 19.3 Å². The highest BCUT2D eigenvalue weighted by atomic mass is 16.5. The molecule has 1 amide bonds.